The van der Waals surface area contributed by atoms with Crippen LogP contribution in [0, 0.1) is 5.82 Å². The number of pyridine rings is 1. The fourth-order valence-corrected chi connectivity index (χ4v) is 4.00. The van der Waals surface area contributed by atoms with Gasteiger partial charge in [-0.25, -0.2) is 14.4 Å². The lowest BCUT2D eigenvalue weighted by Crippen LogP contribution is -2.48. The van der Waals surface area contributed by atoms with Gasteiger partial charge in [0.1, 0.15) is 5.82 Å². The molecule has 0 aliphatic heterocycles. The topological polar surface area (TPSA) is 19.4 Å². The Morgan fingerprint density at radius 1 is 1.00 bits per heavy atom. The molecule has 3 aromatic rings. The molecular formula is C22H27ClFN3. The van der Waals surface area contributed by atoms with Crippen LogP contribution in [0.2, 0.25) is 5.02 Å². The van der Waals surface area contributed by atoms with Crippen molar-refractivity contribution in [2.75, 3.05) is 18.1 Å². The molecule has 0 N–H and O–H groups in total. The summed E-state index contributed by atoms with van der Waals surface area (Å²) in [6.07, 6.45) is 2.15. The van der Waals surface area contributed by atoms with Gasteiger partial charge in [-0.2, -0.15) is 0 Å². The normalized spacial score (nSPS) is 12.9. The molecule has 1 atom stereocenters. The molecule has 2 aromatic carbocycles. The maximum Gasteiger partial charge on any atom is 0.125 e. The van der Waals surface area contributed by atoms with E-state index in [0.29, 0.717) is 16.6 Å². The predicted octanol–water partition coefficient (Wildman–Crippen LogP) is 6.43. The van der Waals surface area contributed by atoms with Gasteiger partial charge in [-0.05, 0) is 43.7 Å². The van der Waals surface area contributed by atoms with Crippen LogP contribution in [0.5, 0.6) is 0 Å². The van der Waals surface area contributed by atoms with Crippen LogP contribution >= 0.6 is 11.6 Å². The van der Waals surface area contributed by atoms with Crippen molar-refractivity contribution in [1.82, 2.24) is 9.99 Å². The molecule has 0 amide bonds. The van der Waals surface area contributed by atoms with E-state index in [1.54, 1.807) is 0 Å². The van der Waals surface area contributed by atoms with E-state index in [-0.39, 0.29) is 5.82 Å². The first-order chi connectivity index (χ1) is 13.0. The smallest absolute Gasteiger partial charge is 0.125 e. The molecule has 0 fully saturated rings. The van der Waals surface area contributed by atoms with Crippen molar-refractivity contribution in [3.8, 4) is 0 Å². The monoisotopic (exact) mass is 387 g/mol. The lowest BCUT2D eigenvalue weighted by molar-refractivity contribution is 0.246. The van der Waals surface area contributed by atoms with Crippen LogP contribution in [0.15, 0.2) is 36.4 Å². The summed E-state index contributed by atoms with van der Waals surface area (Å²) in [6, 6.07) is 10.9. The Labute approximate surface area is 165 Å². The predicted molar refractivity (Wildman–Crippen MR) is 114 cm³/mol. The number of nitrogens with zero attached hydrogens (tertiary/aromatic N) is 3. The Kier molecular flexibility index (Phi) is 6.18. The minimum atomic E-state index is -0.273. The highest BCUT2D eigenvalue weighted by Crippen LogP contribution is 2.37. The number of hydrazine groups is 1. The first-order valence-corrected chi connectivity index (χ1v) is 10.1. The van der Waals surface area contributed by atoms with E-state index in [1.165, 1.54) is 12.1 Å². The van der Waals surface area contributed by atoms with Gasteiger partial charge in [0.25, 0.3) is 0 Å². The Hall–Kier alpha value is -1.91. The highest BCUT2D eigenvalue weighted by molar-refractivity contribution is 6.31. The number of aromatic nitrogens is 1. The standard InChI is InChI=1S/C22H27ClFN3/c1-5-8-15(4)27(26(6-2)7-3)22-18-11-10-17(24)14-21(18)25-20-12-9-16(23)13-19(20)22/h9-15H,5-8H2,1-4H3. The largest absolute Gasteiger partial charge is 0.302 e. The number of halogens is 2. The number of fused-ring (bicyclic) bond motifs is 2. The van der Waals surface area contributed by atoms with E-state index in [9.17, 15) is 4.39 Å². The van der Waals surface area contributed by atoms with Crippen molar-refractivity contribution in [3.05, 3.63) is 47.2 Å². The zero-order valence-corrected chi connectivity index (χ0v) is 17.2. The molecule has 0 spiro atoms. The van der Waals surface area contributed by atoms with Gasteiger partial charge in [0, 0.05) is 41.0 Å². The van der Waals surface area contributed by atoms with Crippen molar-refractivity contribution >= 4 is 39.1 Å². The third-order valence-electron chi connectivity index (χ3n) is 5.06. The summed E-state index contributed by atoms with van der Waals surface area (Å²) in [4.78, 5) is 4.70. The molecule has 3 nitrogen and oxygen atoms in total. The van der Waals surface area contributed by atoms with E-state index in [1.807, 2.05) is 24.3 Å². The van der Waals surface area contributed by atoms with Crippen LogP contribution in [0.3, 0.4) is 0 Å². The lowest BCUT2D eigenvalue weighted by atomic mass is 10.0. The van der Waals surface area contributed by atoms with Crippen molar-refractivity contribution < 1.29 is 4.39 Å². The third-order valence-corrected chi connectivity index (χ3v) is 5.29. The van der Waals surface area contributed by atoms with E-state index < -0.39 is 0 Å². The molecule has 0 bridgehead atoms. The second kappa shape index (κ2) is 8.41. The maximum absolute atomic E-state index is 13.9. The summed E-state index contributed by atoms with van der Waals surface area (Å²) < 4.78 is 13.9. The molecule has 27 heavy (non-hydrogen) atoms. The summed E-state index contributed by atoms with van der Waals surface area (Å²) in [5, 5.41) is 7.32. The second-order valence-electron chi connectivity index (χ2n) is 6.90. The SMILES string of the molecule is CCCC(C)N(c1c2ccc(F)cc2nc2ccc(Cl)cc12)N(CC)CC. The number of rotatable bonds is 7. The average Bonchev–Trinajstić information content (AvgIpc) is 2.65. The maximum atomic E-state index is 13.9. The van der Waals surface area contributed by atoms with Crippen LogP contribution in [0.4, 0.5) is 10.1 Å². The Morgan fingerprint density at radius 2 is 1.74 bits per heavy atom. The molecule has 144 valence electrons. The number of benzene rings is 2. The second-order valence-corrected chi connectivity index (χ2v) is 7.34. The molecule has 3 rings (SSSR count). The fourth-order valence-electron chi connectivity index (χ4n) is 3.82. The lowest BCUT2D eigenvalue weighted by Gasteiger charge is -2.41. The van der Waals surface area contributed by atoms with Crippen LogP contribution in [0.25, 0.3) is 21.8 Å². The van der Waals surface area contributed by atoms with Crippen LogP contribution in [0.1, 0.15) is 40.5 Å². The molecule has 1 unspecified atom stereocenters. The zero-order valence-electron chi connectivity index (χ0n) is 16.5. The number of anilines is 1. The molecule has 0 radical (unpaired) electrons. The van der Waals surface area contributed by atoms with Gasteiger partial charge in [0.2, 0.25) is 0 Å². The van der Waals surface area contributed by atoms with E-state index in [2.05, 4.69) is 37.7 Å². The molecule has 5 heteroatoms. The summed E-state index contributed by atoms with van der Waals surface area (Å²) in [5.41, 5.74) is 2.55. The van der Waals surface area contributed by atoms with Crippen molar-refractivity contribution in [2.45, 2.75) is 46.6 Å². The first-order valence-electron chi connectivity index (χ1n) is 9.72. The van der Waals surface area contributed by atoms with Gasteiger partial charge in [-0.1, -0.05) is 38.8 Å². The van der Waals surface area contributed by atoms with Gasteiger partial charge in [0.05, 0.1) is 16.7 Å². The number of hydrogen-bond donors (Lipinski definition) is 0. The van der Waals surface area contributed by atoms with Gasteiger partial charge in [0.15, 0.2) is 0 Å². The van der Waals surface area contributed by atoms with Crippen LogP contribution in [-0.2, 0) is 0 Å². The Morgan fingerprint density at radius 3 is 2.41 bits per heavy atom. The molecule has 0 saturated heterocycles. The minimum Gasteiger partial charge on any atom is -0.302 e. The van der Waals surface area contributed by atoms with Gasteiger partial charge >= 0.3 is 0 Å². The van der Waals surface area contributed by atoms with Crippen molar-refractivity contribution in [3.63, 3.8) is 0 Å². The molecule has 1 heterocycles. The molecular weight excluding hydrogens is 361 g/mol. The van der Waals surface area contributed by atoms with E-state index >= 15 is 0 Å². The van der Waals surface area contributed by atoms with Crippen LogP contribution in [-0.4, -0.2) is 29.1 Å². The first kappa shape index (κ1) is 19.8. The van der Waals surface area contributed by atoms with Crippen molar-refractivity contribution in [1.29, 1.82) is 0 Å². The summed E-state index contributed by atoms with van der Waals surface area (Å²) in [7, 11) is 0. The summed E-state index contributed by atoms with van der Waals surface area (Å²) >= 11 is 6.34. The minimum absolute atomic E-state index is 0.273. The Bertz CT molecular complexity index is 940. The highest BCUT2D eigenvalue weighted by Gasteiger charge is 2.24. The molecule has 0 aliphatic rings. The summed E-state index contributed by atoms with van der Waals surface area (Å²) in [5.74, 6) is -0.273. The summed E-state index contributed by atoms with van der Waals surface area (Å²) in [6.45, 7) is 10.5. The quantitative estimate of drug-likeness (QED) is 0.344. The number of hydrogen-bond acceptors (Lipinski definition) is 3. The average molecular weight is 388 g/mol. The fraction of sp³-hybridized carbons (Fsp3) is 0.409. The molecule has 0 aliphatic carbocycles. The van der Waals surface area contributed by atoms with E-state index in [4.69, 9.17) is 16.6 Å². The van der Waals surface area contributed by atoms with Crippen LogP contribution < -0.4 is 5.01 Å². The van der Waals surface area contributed by atoms with Gasteiger partial charge in [-0.15, -0.1) is 0 Å². The van der Waals surface area contributed by atoms with Crippen molar-refractivity contribution in [2.24, 2.45) is 0 Å². The Balaban J connectivity index is 2.39. The zero-order chi connectivity index (χ0) is 19.6. The van der Waals surface area contributed by atoms with Gasteiger partial charge in [-0.3, -0.25) is 0 Å². The third kappa shape index (κ3) is 3.87. The molecule has 1 aromatic heterocycles. The van der Waals surface area contributed by atoms with Gasteiger partial charge < -0.3 is 5.01 Å². The molecule has 0 saturated carbocycles. The van der Waals surface area contributed by atoms with E-state index in [0.717, 1.165) is 47.9 Å². The highest BCUT2D eigenvalue weighted by atomic mass is 35.5.